The number of esters is 1. The van der Waals surface area contributed by atoms with Crippen LogP contribution in [0.3, 0.4) is 0 Å². The summed E-state index contributed by atoms with van der Waals surface area (Å²) in [5.41, 5.74) is 0. The van der Waals surface area contributed by atoms with Crippen molar-refractivity contribution in [1.29, 1.82) is 0 Å². The Balaban J connectivity index is 2.88. The molecule has 0 aromatic carbocycles. The highest BCUT2D eigenvalue weighted by molar-refractivity contribution is 5.65. The van der Waals surface area contributed by atoms with Crippen molar-refractivity contribution in [2.24, 2.45) is 0 Å². The van der Waals surface area contributed by atoms with E-state index >= 15 is 0 Å². The first-order chi connectivity index (χ1) is 6.77. The van der Waals surface area contributed by atoms with E-state index in [2.05, 4.69) is 6.92 Å². The van der Waals surface area contributed by atoms with E-state index in [1.54, 1.807) is 0 Å². The molecule has 0 bridgehead atoms. The number of ether oxygens (including phenoxy) is 3. The van der Waals surface area contributed by atoms with Crippen LogP contribution in [0, 0.1) is 0 Å². The Labute approximate surface area is 85.5 Å². The van der Waals surface area contributed by atoms with E-state index < -0.39 is 0 Å². The molecule has 0 fully saturated rings. The van der Waals surface area contributed by atoms with Crippen molar-refractivity contribution in [2.75, 3.05) is 33.0 Å². The van der Waals surface area contributed by atoms with E-state index in [1.165, 1.54) is 6.92 Å². The number of carbonyl (C=O) groups is 1. The molecule has 0 atom stereocenters. The molecule has 0 spiro atoms. The zero-order valence-corrected chi connectivity index (χ0v) is 9.08. The molecule has 0 aromatic rings. The quantitative estimate of drug-likeness (QED) is 0.420. The van der Waals surface area contributed by atoms with Crippen LogP contribution in [0.2, 0.25) is 0 Å². The van der Waals surface area contributed by atoms with Crippen LogP contribution >= 0.6 is 0 Å². The predicted molar refractivity (Wildman–Crippen MR) is 53.2 cm³/mol. The van der Waals surface area contributed by atoms with Gasteiger partial charge in [0.2, 0.25) is 0 Å². The standard InChI is InChI=1S/C10H20O4/c1-3-5-12-8-9-13-6-4-7-14-10(2)11/h3-9H2,1-2H3. The normalized spacial score (nSPS) is 10.1. The summed E-state index contributed by atoms with van der Waals surface area (Å²) < 4.78 is 15.2. The SMILES string of the molecule is CCCOCCOCCCOC(C)=O. The van der Waals surface area contributed by atoms with E-state index in [0.717, 1.165) is 19.4 Å². The Morgan fingerprint density at radius 3 is 2.21 bits per heavy atom. The summed E-state index contributed by atoms with van der Waals surface area (Å²) in [5.74, 6) is -0.240. The lowest BCUT2D eigenvalue weighted by Gasteiger charge is -2.04. The molecule has 0 radical (unpaired) electrons. The Hall–Kier alpha value is -0.610. The molecule has 4 heteroatoms. The third-order valence-electron chi connectivity index (χ3n) is 1.46. The first-order valence-corrected chi connectivity index (χ1v) is 5.06. The first kappa shape index (κ1) is 13.4. The van der Waals surface area contributed by atoms with Gasteiger partial charge < -0.3 is 14.2 Å². The first-order valence-electron chi connectivity index (χ1n) is 5.06. The third-order valence-corrected chi connectivity index (χ3v) is 1.46. The molecule has 0 aliphatic rings. The molecule has 0 aromatic heterocycles. The largest absolute Gasteiger partial charge is 0.466 e. The van der Waals surface area contributed by atoms with Crippen molar-refractivity contribution in [3.8, 4) is 0 Å². The minimum absolute atomic E-state index is 0.240. The second-order valence-electron chi connectivity index (χ2n) is 2.92. The molecule has 0 aliphatic carbocycles. The van der Waals surface area contributed by atoms with Gasteiger partial charge in [0.1, 0.15) is 0 Å². The zero-order valence-electron chi connectivity index (χ0n) is 9.08. The molecule has 14 heavy (non-hydrogen) atoms. The van der Waals surface area contributed by atoms with E-state index in [4.69, 9.17) is 14.2 Å². The number of hydrogen-bond donors (Lipinski definition) is 0. The Kier molecular flexibility index (Phi) is 10.0. The monoisotopic (exact) mass is 204 g/mol. The van der Waals surface area contributed by atoms with Crippen molar-refractivity contribution in [3.05, 3.63) is 0 Å². The van der Waals surface area contributed by atoms with Gasteiger partial charge >= 0.3 is 5.97 Å². The maximum Gasteiger partial charge on any atom is 0.302 e. The van der Waals surface area contributed by atoms with Gasteiger partial charge in [0.25, 0.3) is 0 Å². The molecule has 0 saturated heterocycles. The minimum atomic E-state index is -0.240. The molecule has 84 valence electrons. The summed E-state index contributed by atoms with van der Waals surface area (Å²) in [5, 5.41) is 0. The highest BCUT2D eigenvalue weighted by Crippen LogP contribution is 1.87. The fraction of sp³-hybridized carbons (Fsp3) is 0.900. The smallest absolute Gasteiger partial charge is 0.302 e. The van der Waals surface area contributed by atoms with Crippen LogP contribution < -0.4 is 0 Å². The fourth-order valence-corrected chi connectivity index (χ4v) is 0.843. The average Bonchev–Trinajstić information content (AvgIpc) is 2.15. The molecule has 0 aliphatic heterocycles. The highest BCUT2D eigenvalue weighted by Gasteiger charge is 1.93. The van der Waals surface area contributed by atoms with Crippen LogP contribution in [0.5, 0.6) is 0 Å². The van der Waals surface area contributed by atoms with Crippen molar-refractivity contribution in [2.45, 2.75) is 26.7 Å². The van der Waals surface area contributed by atoms with Crippen LogP contribution in [-0.4, -0.2) is 39.0 Å². The Morgan fingerprint density at radius 1 is 1.00 bits per heavy atom. The average molecular weight is 204 g/mol. The zero-order chi connectivity index (χ0) is 10.6. The number of hydrogen-bond acceptors (Lipinski definition) is 4. The van der Waals surface area contributed by atoms with Crippen LogP contribution in [0.25, 0.3) is 0 Å². The fourth-order valence-electron chi connectivity index (χ4n) is 0.843. The lowest BCUT2D eigenvalue weighted by molar-refractivity contribution is -0.141. The predicted octanol–water partition coefficient (Wildman–Crippen LogP) is 1.38. The second kappa shape index (κ2) is 10.5. The minimum Gasteiger partial charge on any atom is -0.466 e. The molecule has 0 saturated carbocycles. The maximum atomic E-state index is 10.4. The topological polar surface area (TPSA) is 44.8 Å². The van der Waals surface area contributed by atoms with Gasteiger partial charge in [-0.25, -0.2) is 0 Å². The van der Waals surface area contributed by atoms with Crippen LogP contribution in [0.4, 0.5) is 0 Å². The van der Waals surface area contributed by atoms with Gasteiger partial charge in [-0.15, -0.1) is 0 Å². The Bertz CT molecular complexity index is 136. The summed E-state index contributed by atoms with van der Waals surface area (Å²) in [6, 6.07) is 0. The van der Waals surface area contributed by atoms with Gasteiger partial charge in [-0.05, 0) is 6.42 Å². The van der Waals surface area contributed by atoms with E-state index in [0.29, 0.717) is 26.4 Å². The van der Waals surface area contributed by atoms with E-state index in [9.17, 15) is 4.79 Å². The molecular formula is C10H20O4. The molecule has 0 unspecified atom stereocenters. The van der Waals surface area contributed by atoms with Crippen LogP contribution in [0.1, 0.15) is 26.7 Å². The molecule has 4 nitrogen and oxygen atoms in total. The van der Waals surface area contributed by atoms with Gasteiger partial charge in [0.15, 0.2) is 0 Å². The van der Waals surface area contributed by atoms with Gasteiger partial charge in [0.05, 0.1) is 19.8 Å². The lowest BCUT2D eigenvalue weighted by atomic mass is 10.5. The second-order valence-corrected chi connectivity index (χ2v) is 2.92. The molecule has 0 heterocycles. The number of rotatable bonds is 9. The van der Waals surface area contributed by atoms with Gasteiger partial charge in [-0.1, -0.05) is 6.92 Å². The summed E-state index contributed by atoms with van der Waals surface area (Å²) in [4.78, 5) is 10.4. The number of carbonyl (C=O) groups excluding carboxylic acids is 1. The van der Waals surface area contributed by atoms with Crippen molar-refractivity contribution in [3.63, 3.8) is 0 Å². The molecular weight excluding hydrogens is 184 g/mol. The lowest BCUT2D eigenvalue weighted by Crippen LogP contribution is -2.08. The van der Waals surface area contributed by atoms with E-state index in [1.807, 2.05) is 0 Å². The van der Waals surface area contributed by atoms with Crippen LogP contribution in [-0.2, 0) is 19.0 Å². The van der Waals surface area contributed by atoms with Gasteiger partial charge in [-0.3, -0.25) is 4.79 Å². The Morgan fingerprint density at radius 2 is 1.64 bits per heavy atom. The van der Waals surface area contributed by atoms with Crippen molar-refractivity contribution >= 4 is 5.97 Å². The molecule has 0 rings (SSSR count). The van der Waals surface area contributed by atoms with Crippen molar-refractivity contribution < 1.29 is 19.0 Å². The van der Waals surface area contributed by atoms with Gasteiger partial charge in [-0.2, -0.15) is 0 Å². The summed E-state index contributed by atoms with van der Waals surface area (Å²) >= 11 is 0. The highest BCUT2D eigenvalue weighted by atomic mass is 16.5. The van der Waals surface area contributed by atoms with E-state index in [-0.39, 0.29) is 5.97 Å². The third kappa shape index (κ3) is 11.4. The van der Waals surface area contributed by atoms with Crippen LogP contribution in [0.15, 0.2) is 0 Å². The van der Waals surface area contributed by atoms with Gasteiger partial charge in [0, 0.05) is 26.6 Å². The summed E-state index contributed by atoms with van der Waals surface area (Å²) in [7, 11) is 0. The molecule has 0 amide bonds. The summed E-state index contributed by atoms with van der Waals surface area (Å²) in [6.07, 6.45) is 1.78. The van der Waals surface area contributed by atoms with Crippen molar-refractivity contribution in [1.82, 2.24) is 0 Å². The summed E-state index contributed by atoms with van der Waals surface area (Å²) in [6.45, 7) is 6.56. The maximum absolute atomic E-state index is 10.4. The molecule has 0 N–H and O–H groups in total.